The van der Waals surface area contributed by atoms with Gasteiger partial charge in [-0.1, -0.05) is 18.2 Å². The van der Waals surface area contributed by atoms with E-state index < -0.39 is 0 Å². The second-order valence-corrected chi connectivity index (χ2v) is 5.19. The van der Waals surface area contributed by atoms with Crippen LogP contribution in [0.15, 0.2) is 40.9 Å². The lowest BCUT2D eigenvalue weighted by Crippen LogP contribution is -2.50. The number of aromatic nitrogens is 1. The molecule has 1 aromatic carbocycles. The highest BCUT2D eigenvalue weighted by atomic mass is 16.4. The molecule has 22 heavy (non-hydrogen) atoms. The summed E-state index contributed by atoms with van der Waals surface area (Å²) in [4.78, 5) is 31.3. The molecule has 1 aliphatic heterocycles. The van der Waals surface area contributed by atoms with Crippen molar-refractivity contribution in [3.05, 3.63) is 42.3 Å². The van der Waals surface area contributed by atoms with Crippen molar-refractivity contribution in [1.82, 2.24) is 14.8 Å². The van der Waals surface area contributed by atoms with Crippen molar-refractivity contribution in [3.63, 3.8) is 0 Å². The zero-order chi connectivity index (χ0) is 15.5. The van der Waals surface area contributed by atoms with Gasteiger partial charge in [-0.25, -0.2) is 4.98 Å². The summed E-state index contributed by atoms with van der Waals surface area (Å²) in [5, 5.41) is 0. The Morgan fingerprint density at radius 2 is 1.68 bits per heavy atom. The van der Waals surface area contributed by atoms with Gasteiger partial charge < -0.3 is 14.2 Å². The Kier molecular flexibility index (Phi) is 3.91. The number of oxazole rings is 1. The second-order valence-electron chi connectivity index (χ2n) is 5.19. The van der Waals surface area contributed by atoms with E-state index in [1.807, 2.05) is 30.3 Å². The molecule has 2 amide bonds. The van der Waals surface area contributed by atoms with Gasteiger partial charge in [-0.2, -0.15) is 0 Å². The van der Waals surface area contributed by atoms with E-state index >= 15 is 0 Å². The molecule has 1 aromatic heterocycles. The van der Waals surface area contributed by atoms with Gasteiger partial charge in [0.05, 0.1) is 6.20 Å². The summed E-state index contributed by atoms with van der Waals surface area (Å²) in [5.41, 5.74) is 0.836. The Labute approximate surface area is 128 Å². The standard InChI is InChI=1S/C16H17N3O3/c1-12(20)18-7-9-19(10-8-18)16(21)14-11-17-15(22-14)13-5-3-2-4-6-13/h2-6,11H,7-10H2,1H3. The quantitative estimate of drug-likeness (QED) is 0.845. The van der Waals surface area contributed by atoms with Crippen LogP contribution in [0.3, 0.4) is 0 Å². The van der Waals surface area contributed by atoms with Gasteiger partial charge in [0.1, 0.15) is 0 Å². The summed E-state index contributed by atoms with van der Waals surface area (Å²) in [6.07, 6.45) is 1.46. The Morgan fingerprint density at radius 1 is 1.05 bits per heavy atom. The minimum atomic E-state index is -0.183. The Morgan fingerprint density at radius 3 is 2.32 bits per heavy atom. The molecule has 0 atom stereocenters. The highest BCUT2D eigenvalue weighted by Crippen LogP contribution is 2.19. The van der Waals surface area contributed by atoms with Crippen molar-refractivity contribution in [3.8, 4) is 11.5 Å². The van der Waals surface area contributed by atoms with Crippen LogP contribution in [0.1, 0.15) is 17.5 Å². The molecule has 0 saturated carbocycles. The lowest BCUT2D eigenvalue weighted by atomic mass is 10.2. The van der Waals surface area contributed by atoms with Crippen molar-refractivity contribution in [2.75, 3.05) is 26.2 Å². The third kappa shape index (κ3) is 2.86. The van der Waals surface area contributed by atoms with Gasteiger partial charge in [-0.15, -0.1) is 0 Å². The van der Waals surface area contributed by atoms with E-state index in [9.17, 15) is 9.59 Å². The summed E-state index contributed by atoms with van der Waals surface area (Å²) < 4.78 is 5.58. The maximum Gasteiger partial charge on any atom is 0.291 e. The molecule has 1 saturated heterocycles. The van der Waals surface area contributed by atoms with E-state index in [0.29, 0.717) is 32.1 Å². The summed E-state index contributed by atoms with van der Waals surface area (Å²) in [6, 6.07) is 9.45. The second kappa shape index (κ2) is 6.01. The predicted octanol–water partition coefficient (Wildman–Crippen LogP) is 1.65. The Hall–Kier alpha value is -2.63. The molecule has 0 N–H and O–H groups in total. The molecule has 114 valence electrons. The van der Waals surface area contributed by atoms with Gasteiger partial charge in [0.2, 0.25) is 17.6 Å². The smallest absolute Gasteiger partial charge is 0.291 e. The summed E-state index contributed by atoms with van der Waals surface area (Å²) >= 11 is 0. The van der Waals surface area contributed by atoms with Gasteiger partial charge in [0.25, 0.3) is 5.91 Å². The fraction of sp³-hybridized carbons (Fsp3) is 0.312. The molecular formula is C16H17N3O3. The SMILES string of the molecule is CC(=O)N1CCN(C(=O)c2cnc(-c3ccccc3)o2)CC1. The van der Waals surface area contributed by atoms with Crippen LogP contribution < -0.4 is 0 Å². The largest absolute Gasteiger partial charge is 0.431 e. The molecule has 3 rings (SSSR count). The Balaban J connectivity index is 1.69. The average molecular weight is 299 g/mol. The molecule has 1 aliphatic rings. The van der Waals surface area contributed by atoms with Crippen LogP contribution >= 0.6 is 0 Å². The molecule has 0 radical (unpaired) electrons. The van der Waals surface area contributed by atoms with Crippen LogP contribution in [0.2, 0.25) is 0 Å². The minimum Gasteiger partial charge on any atom is -0.431 e. The monoisotopic (exact) mass is 299 g/mol. The van der Waals surface area contributed by atoms with E-state index in [1.165, 1.54) is 6.20 Å². The number of nitrogens with zero attached hydrogens (tertiary/aromatic N) is 3. The first-order chi connectivity index (χ1) is 10.6. The first-order valence-corrected chi connectivity index (χ1v) is 7.21. The molecule has 0 spiro atoms. The number of carbonyl (C=O) groups is 2. The maximum atomic E-state index is 12.4. The first-order valence-electron chi connectivity index (χ1n) is 7.21. The number of hydrogen-bond acceptors (Lipinski definition) is 4. The van der Waals surface area contributed by atoms with Crippen molar-refractivity contribution < 1.29 is 14.0 Å². The summed E-state index contributed by atoms with van der Waals surface area (Å²) in [7, 11) is 0. The molecule has 1 fully saturated rings. The molecule has 6 heteroatoms. The van der Waals surface area contributed by atoms with Crippen LogP contribution in [0, 0.1) is 0 Å². The molecule has 0 aliphatic carbocycles. The normalized spacial score (nSPS) is 15.0. The lowest BCUT2D eigenvalue weighted by molar-refractivity contribution is -0.130. The molecule has 2 aromatic rings. The van der Waals surface area contributed by atoms with Crippen molar-refractivity contribution in [2.45, 2.75) is 6.92 Å². The van der Waals surface area contributed by atoms with Crippen LogP contribution in [-0.4, -0.2) is 52.8 Å². The van der Waals surface area contributed by atoms with Crippen LogP contribution in [-0.2, 0) is 4.79 Å². The topological polar surface area (TPSA) is 66.7 Å². The number of hydrogen-bond donors (Lipinski definition) is 0. The van der Waals surface area contributed by atoms with Crippen molar-refractivity contribution >= 4 is 11.8 Å². The zero-order valence-electron chi connectivity index (χ0n) is 12.4. The fourth-order valence-corrected chi connectivity index (χ4v) is 2.47. The number of amides is 2. The molecular weight excluding hydrogens is 282 g/mol. The molecule has 6 nitrogen and oxygen atoms in total. The number of piperazine rings is 1. The third-order valence-corrected chi connectivity index (χ3v) is 3.75. The van der Waals surface area contributed by atoms with E-state index in [0.717, 1.165) is 5.56 Å². The fourth-order valence-electron chi connectivity index (χ4n) is 2.47. The van der Waals surface area contributed by atoms with E-state index in [4.69, 9.17) is 4.42 Å². The number of carbonyl (C=O) groups excluding carboxylic acids is 2. The van der Waals surface area contributed by atoms with E-state index in [2.05, 4.69) is 4.98 Å². The first kappa shape index (κ1) is 14.3. The van der Waals surface area contributed by atoms with Gasteiger partial charge in [-0.05, 0) is 12.1 Å². The third-order valence-electron chi connectivity index (χ3n) is 3.75. The summed E-state index contributed by atoms with van der Waals surface area (Å²) in [6.45, 7) is 3.68. The maximum absolute atomic E-state index is 12.4. The average Bonchev–Trinajstić information content (AvgIpc) is 3.05. The van der Waals surface area contributed by atoms with E-state index in [-0.39, 0.29) is 17.6 Å². The molecule has 0 bridgehead atoms. The zero-order valence-corrected chi connectivity index (χ0v) is 12.4. The van der Waals surface area contributed by atoms with Gasteiger partial charge in [0.15, 0.2) is 0 Å². The van der Waals surface area contributed by atoms with Crippen molar-refractivity contribution in [1.29, 1.82) is 0 Å². The van der Waals surface area contributed by atoms with Crippen LogP contribution in [0.4, 0.5) is 0 Å². The highest BCUT2D eigenvalue weighted by molar-refractivity contribution is 5.91. The van der Waals surface area contributed by atoms with Gasteiger partial charge in [0, 0.05) is 38.7 Å². The predicted molar refractivity (Wildman–Crippen MR) is 80.1 cm³/mol. The Bertz CT molecular complexity index is 673. The minimum absolute atomic E-state index is 0.0399. The van der Waals surface area contributed by atoms with Gasteiger partial charge in [-0.3, -0.25) is 9.59 Å². The highest BCUT2D eigenvalue weighted by Gasteiger charge is 2.25. The van der Waals surface area contributed by atoms with Crippen LogP contribution in [0.5, 0.6) is 0 Å². The van der Waals surface area contributed by atoms with Crippen molar-refractivity contribution in [2.24, 2.45) is 0 Å². The van der Waals surface area contributed by atoms with E-state index in [1.54, 1.807) is 16.7 Å². The molecule has 0 unspecified atom stereocenters. The van der Waals surface area contributed by atoms with Crippen LogP contribution in [0.25, 0.3) is 11.5 Å². The molecule has 2 heterocycles. The number of rotatable bonds is 2. The summed E-state index contributed by atoms with van der Waals surface area (Å²) in [5.74, 6) is 0.525. The lowest BCUT2D eigenvalue weighted by Gasteiger charge is -2.33. The number of benzene rings is 1. The van der Waals surface area contributed by atoms with Gasteiger partial charge >= 0.3 is 0 Å².